The fraction of sp³-hybridized carbons (Fsp3) is 0.355. The van der Waals surface area contributed by atoms with E-state index in [-0.39, 0.29) is 17.2 Å². The van der Waals surface area contributed by atoms with Gasteiger partial charge in [-0.25, -0.2) is 14.0 Å². The summed E-state index contributed by atoms with van der Waals surface area (Å²) in [4.78, 5) is 24.8. The van der Waals surface area contributed by atoms with Crippen LogP contribution in [-0.2, 0) is 9.47 Å². The Bertz CT molecular complexity index is 1150. The zero-order chi connectivity index (χ0) is 26.6. The largest absolute Gasteiger partial charge is 0.516 e. The lowest BCUT2D eigenvalue weighted by atomic mass is 9.92. The van der Waals surface area contributed by atoms with Gasteiger partial charge < -0.3 is 14.2 Å². The van der Waals surface area contributed by atoms with Gasteiger partial charge in [0.25, 0.3) is 0 Å². The molecular formula is C31H35FO5. The van der Waals surface area contributed by atoms with Crippen molar-refractivity contribution in [1.29, 1.82) is 0 Å². The number of carbonyl (C=O) groups excluding carboxylic acids is 2. The lowest BCUT2D eigenvalue weighted by Crippen LogP contribution is -2.21. The Morgan fingerprint density at radius 2 is 1.51 bits per heavy atom. The van der Waals surface area contributed by atoms with Gasteiger partial charge in [-0.3, -0.25) is 0 Å². The van der Waals surface area contributed by atoms with Gasteiger partial charge in [-0.05, 0) is 54.2 Å². The highest BCUT2D eigenvalue weighted by molar-refractivity contribution is 5.98. The molecule has 0 heterocycles. The number of halogens is 1. The van der Waals surface area contributed by atoms with E-state index in [4.69, 9.17) is 14.2 Å². The maximum atomic E-state index is 15.9. The quantitative estimate of drug-likeness (QED) is 0.140. The van der Waals surface area contributed by atoms with E-state index in [1.54, 1.807) is 30.3 Å². The van der Waals surface area contributed by atoms with Gasteiger partial charge in [0.05, 0.1) is 12.2 Å². The maximum Gasteiger partial charge on any atom is 0.516 e. The molecule has 0 N–H and O–H groups in total. The number of esters is 1. The Hall–Kier alpha value is -3.67. The highest BCUT2D eigenvalue weighted by atomic mass is 19.1. The minimum absolute atomic E-state index is 0.247. The summed E-state index contributed by atoms with van der Waals surface area (Å²) in [7, 11) is 0. The Morgan fingerprint density at radius 1 is 0.811 bits per heavy atom. The SMILES string of the molecule is CCCCCCOc1ccc(-c2ccc(C(=O)OC(=O)OC(CC)CC)c(F)c2-c2ccccc2)cc1. The van der Waals surface area contributed by atoms with E-state index in [0.29, 0.717) is 30.6 Å². The molecule has 0 unspecified atom stereocenters. The fourth-order valence-electron chi connectivity index (χ4n) is 4.06. The van der Waals surface area contributed by atoms with Gasteiger partial charge in [0.1, 0.15) is 17.7 Å². The molecule has 0 saturated heterocycles. The van der Waals surface area contributed by atoms with Crippen molar-refractivity contribution in [2.45, 2.75) is 65.4 Å². The molecule has 0 bridgehead atoms. The van der Waals surface area contributed by atoms with Crippen LogP contribution in [0.15, 0.2) is 66.7 Å². The molecule has 5 nitrogen and oxygen atoms in total. The molecule has 0 spiro atoms. The van der Waals surface area contributed by atoms with Crippen LogP contribution in [0, 0.1) is 5.82 Å². The van der Waals surface area contributed by atoms with Gasteiger partial charge in [0, 0.05) is 5.56 Å². The van der Waals surface area contributed by atoms with Gasteiger partial charge in [0.2, 0.25) is 0 Å². The van der Waals surface area contributed by atoms with Gasteiger partial charge in [-0.2, -0.15) is 0 Å². The van der Waals surface area contributed by atoms with Crippen molar-refractivity contribution in [2.24, 2.45) is 0 Å². The maximum absolute atomic E-state index is 15.9. The van der Waals surface area contributed by atoms with Crippen molar-refractivity contribution in [1.82, 2.24) is 0 Å². The van der Waals surface area contributed by atoms with Crippen LogP contribution in [0.1, 0.15) is 69.7 Å². The molecule has 0 aromatic heterocycles. The van der Waals surface area contributed by atoms with E-state index < -0.39 is 17.9 Å². The summed E-state index contributed by atoms with van der Waals surface area (Å²) >= 11 is 0. The molecule has 3 aromatic rings. The van der Waals surface area contributed by atoms with Crippen molar-refractivity contribution < 1.29 is 28.2 Å². The summed E-state index contributed by atoms with van der Waals surface area (Å²) in [6.45, 7) is 6.55. The molecule has 3 rings (SSSR count). The topological polar surface area (TPSA) is 61.8 Å². The Balaban J connectivity index is 1.87. The second-order valence-electron chi connectivity index (χ2n) is 8.85. The molecule has 0 fully saturated rings. The summed E-state index contributed by atoms with van der Waals surface area (Å²) in [6.07, 6.45) is 4.18. The number of benzene rings is 3. The monoisotopic (exact) mass is 506 g/mol. The first kappa shape index (κ1) is 27.9. The summed E-state index contributed by atoms with van der Waals surface area (Å²) < 4.78 is 31.6. The summed E-state index contributed by atoms with van der Waals surface area (Å²) in [5.41, 5.74) is 1.88. The van der Waals surface area contributed by atoms with Crippen LogP contribution >= 0.6 is 0 Å². The third kappa shape index (κ3) is 7.66. The normalized spacial score (nSPS) is 10.8. The fourth-order valence-corrected chi connectivity index (χ4v) is 4.06. The van der Waals surface area contributed by atoms with Crippen LogP contribution in [0.4, 0.5) is 9.18 Å². The highest BCUT2D eigenvalue weighted by Gasteiger charge is 2.24. The first-order valence-electron chi connectivity index (χ1n) is 13.0. The first-order valence-corrected chi connectivity index (χ1v) is 13.0. The predicted molar refractivity (Wildman–Crippen MR) is 143 cm³/mol. The van der Waals surface area contributed by atoms with Crippen molar-refractivity contribution in [3.05, 3.63) is 78.1 Å². The molecule has 0 saturated carbocycles. The first-order chi connectivity index (χ1) is 18.0. The van der Waals surface area contributed by atoms with E-state index in [9.17, 15) is 9.59 Å². The lowest BCUT2D eigenvalue weighted by Gasteiger charge is -2.16. The molecular weight excluding hydrogens is 471 g/mol. The smallest absolute Gasteiger partial charge is 0.494 e. The van der Waals surface area contributed by atoms with E-state index in [1.165, 1.54) is 18.9 Å². The molecule has 0 radical (unpaired) electrons. The molecule has 0 aliphatic heterocycles. The number of carbonyl (C=O) groups is 2. The van der Waals surface area contributed by atoms with Gasteiger partial charge in [-0.15, -0.1) is 0 Å². The second kappa shape index (κ2) is 14.2. The van der Waals surface area contributed by atoms with Gasteiger partial charge in [0.15, 0.2) is 0 Å². The van der Waals surface area contributed by atoms with E-state index in [0.717, 1.165) is 24.2 Å². The molecule has 0 atom stereocenters. The Morgan fingerprint density at radius 3 is 2.16 bits per heavy atom. The Kier molecular flexibility index (Phi) is 10.7. The van der Waals surface area contributed by atoms with Crippen LogP contribution in [0.2, 0.25) is 0 Å². The predicted octanol–water partition coefficient (Wildman–Crippen LogP) is 8.60. The van der Waals surface area contributed by atoms with Crippen molar-refractivity contribution in [3.63, 3.8) is 0 Å². The summed E-state index contributed by atoms with van der Waals surface area (Å²) in [5, 5.41) is 0. The van der Waals surface area contributed by atoms with Gasteiger partial charge >= 0.3 is 12.1 Å². The number of ether oxygens (including phenoxy) is 3. The summed E-state index contributed by atoms with van der Waals surface area (Å²) in [6, 6.07) is 19.4. The standard InChI is InChI=1S/C31H35FO5/c1-4-7-8-12-21-35-25-17-15-22(16-18-25)26-19-20-27(29(32)28(26)23-13-10-9-11-14-23)30(33)37-31(34)36-24(5-2)6-3/h9-11,13-20,24H,4-8,12,21H2,1-3H3. The van der Waals surface area contributed by atoms with Crippen molar-refractivity contribution in [3.8, 4) is 28.0 Å². The molecule has 6 heteroatoms. The third-order valence-corrected chi connectivity index (χ3v) is 6.21. The molecule has 196 valence electrons. The second-order valence-corrected chi connectivity index (χ2v) is 8.85. The van der Waals surface area contributed by atoms with E-state index in [2.05, 4.69) is 6.92 Å². The molecule has 3 aromatic carbocycles. The van der Waals surface area contributed by atoms with E-state index >= 15 is 4.39 Å². The van der Waals surface area contributed by atoms with Crippen molar-refractivity contribution >= 4 is 12.1 Å². The third-order valence-electron chi connectivity index (χ3n) is 6.21. The summed E-state index contributed by atoms with van der Waals surface area (Å²) in [5.74, 6) is -1.11. The molecule has 37 heavy (non-hydrogen) atoms. The number of unbranched alkanes of at least 4 members (excludes halogenated alkanes) is 3. The number of hydrogen-bond donors (Lipinski definition) is 0. The zero-order valence-corrected chi connectivity index (χ0v) is 21.8. The van der Waals surface area contributed by atoms with Crippen LogP contribution in [0.5, 0.6) is 5.75 Å². The van der Waals surface area contributed by atoms with Gasteiger partial charge in [-0.1, -0.05) is 88.6 Å². The highest BCUT2D eigenvalue weighted by Crippen LogP contribution is 2.36. The minimum atomic E-state index is -1.13. The van der Waals surface area contributed by atoms with E-state index in [1.807, 2.05) is 44.2 Å². The average Bonchev–Trinajstić information content (AvgIpc) is 2.92. The number of hydrogen-bond acceptors (Lipinski definition) is 5. The molecule has 0 amide bonds. The lowest BCUT2D eigenvalue weighted by molar-refractivity contribution is 0.0196. The Labute approximate surface area is 218 Å². The van der Waals surface area contributed by atoms with Crippen LogP contribution in [0.25, 0.3) is 22.3 Å². The minimum Gasteiger partial charge on any atom is -0.494 e. The molecule has 0 aliphatic rings. The van der Waals surface area contributed by atoms with Crippen LogP contribution in [0.3, 0.4) is 0 Å². The number of rotatable bonds is 12. The zero-order valence-electron chi connectivity index (χ0n) is 21.8. The molecule has 0 aliphatic carbocycles. The average molecular weight is 507 g/mol. The van der Waals surface area contributed by atoms with Crippen LogP contribution < -0.4 is 4.74 Å². The van der Waals surface area contributed by atoms with Crippen molar-refractivity contribution in [2.75, 3.05) is 6.61 Å². The van der Waals surface area contributed by atoms with Crippen LogP contribution in [-0.4, -0.2) is 24.8 Å².